The number of carboxylic acid groups (broad SMARTS) is 1. The summed E-state index contributed by atoms with van der Waals surface area (Å²) in [7, 11) is 0. The molecule has 1 aromatic carbocycles. The molecular formula is C19H21N3O3. The number of carboxylic acids is 1. The fraction of sp³-hybridized carbons (Fsp3) is 0.421. The van der Waals surface area contributed by atoms with E-state index in [4.69, 9.17) is 0 Å². The Morgan fingerprint density at radius 3 is 2.80 bits per heavy atom. The molecule has 25 heavy (non-hydrogen) atoms. The van der Waals surface area contributed by atoms with Gasteiger partial charge in [0, 0.05) is 24.5 Å². The first-order chi connectivity index (χ1) is 12.1. The molecule has 2 fully saturated rings. The molecule has 4 rings (SSSR count). The number of amides is 1. The average molecular weight is 339 g/mol. The van der Waals surface area contributed by atoms with Gasteiger partial charge in [-0.15, -0.1) is 0 Å². The highest BCUT2D eigenvalue weighted by Crippen LogP contribution is 2.42. The summed E-state index contributed by atoms with van der Waals surface area (Å²) in [6, 6.07) is 6.61. The van der Waals surface area contributed by atoms with Crippen LogP contribution in [0.5, 0.6) is 0 Å². The number of aromatic nitrogens is 2. The second kappa shape index (κ2) is 6.02. The molecule has 130 valence electrons. The van der Waals surface area contributed by atoms with E-state index in [1.165, 1.54) is 0 Å². The van der Waals surface area contributed by atoms with E-state index in [-0.39, 0.29) is 11.8 Å². The number of aryl methyl sites for hydroxylation is 1. The highest BCUT2D eigenvalue weighted by molar-refractivity contribution is 5.97. The number of aliphatic carboxylic acids is 1. The number of hydrogen-bond donors (Lipinski definition) is 1. The van der Waals surface area contributed by atoms with Crippen molar-refractivity contribution in [1.82, 2.24) is 14.7 Å². The fourth-order valence-corrected chi connectivity index (χ4v) is 4.45. The summed E-state index contributed by atoms with van der Waals surface area (Å²) in [4.78, 5) is 26.3. The number of hydrogen-bond acceptors (Lipinski definition) is 3. The van der Waals surface area contributed by atoms with Crippen LogP contribution in [0.4, 0.5) is 0 Å². The molecule has 2 aromatic rings. The summed E-state index contributed by atoms with van der Waals surface area (Å²) < 4.78 is 1.75. The molecular weight excluding hydrogens is 318 g/mol. The molecule has 1 aliphatic heterocycles. The molecule has 1 N–H and O–H groups in total. The van der Waals surface area contributed by atoms with Crippen LogP contribution < -0.4 is 0 Å². The number of carbonyl (C=O) groups is 2. The number of rotatable bonds is 3. The van der Waals surface area contributed by atoms with Gasteiger partial charge in [-0.2, -0.15) is 5.10 Å². The lowest BCUT2D eigenvalue weighted by atomic mass is 9.94. The average Bonchev–Trinajstić information content (AvgIpc) is 3.30. The zero-order valence-corrected chi connectivity index (χ0v) is 14.1. The van der Waals surface area contributed by atoms with Crippen molar-refractivity contribution in [3.63, 3.8) is 0 Å². The number of likely N-dealkylation sites (tertiary alicyclic amines) is 1. The van der Waals surface area contributed by atoms with E-state index in [9.17, 15) is 14.7 Å². The van der Waals surface area contributed by atoms with E-state index >= 15 is 0 Å². The maximum absolute atomic E-state index is 13.0. The highest BCUT2D eigenvalue weighted by atomic mass is 16.4. The number of nitrogens with zero attached hydrogens (tertiary/aromatic N) is 3. The SMILES string of the molecule is Cc1cc(C(=O)N2C[C@@H]3CCC[C@H]3[C@@H]2C(=O)O)ccc1-n1cccn1. The quantitative estimate of drug-likeness (QED) is 0.932. The van der Waals surface area contributed by atoms with Crippen molar-refractivity contribution >= 4 is 11.9 Å². The summed E-state index contributed by atoms with van der Waals surface area (Å²) in [5.41, 5.74) is 2.38. The molecule has 2 heterocycles. The van der Waals surface area contributed by atoms with Crippen LogP contribution >= 0.6 is 0 Å². The standard InChI is InChI=1S/C19H21N3O3/c1-12-10-13(6-7-16(12)22-9-3-8-20-22)18(23)21-11-14-4-2-5-15(14)17(21)19(24)25/h3,6-10,14-15,17H,2,4-5,11H2,1H3,(H,24,25)/t14-,15+,17+/m0/s1. The van der Waals surface area contributed by atoms with Crippen molar-refractivity contribution in [2.45, 2.75) is 32.2 Å². The van der Waals surface area contributed by atoms with Gasteiger partial charge < -0.3 is 10.0 Å². The van der Waals surface area contributed by atoms with Gasteiger partial charge in [-0.25, -0.2) is 9.48 Å². The summed E-state index contributed by atoms with van der Waals surface area (Å²) in [5, 5.41) is 13.9. The van der Waals surface area contributed by atoms with Crippen LogP contribution in [0.3, 0.4) is 0 Å². The third kappa shape index (κ3) is 2.62. The molecule has 0 radical (unpaired) electrons. The number of benzene rings is 1. The first kappa shape index (κ1) is 15.9. The van der Waals surface area contributed by atoms with E-state index in [0.29, 0.717) is 18.0 Å². The van der Waals surface area contributed by atoms with E-state index in [2.05, 4.69) is 5.10 Å². The zero-order valence-electron chi connectivity index (χ0n) is 14.1. The Balaban J connectivity index is 1.62. The molecule has 1 amide bonds. The zero-order chi connectivity index (χ0) is 17.6. The molecule has 0 bridgehead atoms. The van der Waals surface area contributed by atoms with Crippen LogP contribution in [-0.2, 0) is 4.79 Å². The van der Waals surface area contributed by atoms with Gasteiger partial charge in [0.1, 0.15) is 6.04 Å². The second-order valence-electron chi connectivity index (χ2n) is 7.05. The Labute approximate surface area is 146 Å². The normalized spacial score (nSPS) is 25.2. The summed E-state index contributed by atoms with van der Waals surface area (Å²) >= 11 is 0. The lowest BCUT2D eigenvalue weighted by molar-refractivity contribution is -0.142. The highest BCUT2D eigenvalue weighted by Gasteiger charge is 2.49. The smallest absolute Gasteiger partial charge is 0.326 e. The molecule has 3 atom stereocenters. The van der Waals surface area contributed by atoms with Gasteiger partial charge in [-0.3, -0.25) is 4.79 Å². The third-order valence-corrected chi connectivity index (χ3v) is 5.60. The Hall–Kier alpha value is -2.63. The van der Waals surface area contributed by atoms with Crippen LogP contribution in [0.25, 0.3) is 5.69 Å². The largest absolute Gasteiger partial charge is 0.480 e. The minimum Gasteiger partial charge on any atom is -0.480 e. The predicted octanol–water partition coefficient (Wildman–Crippen LogP) is 2.51. The van der Waals surface area contributed by atoms with Gasteiger partial charge >= 0.3 is 5.97 Å². The monoisotopic (exact) mass is 339 g/mol. The first-order valence-electron chi connectivity index (χ1n) is 8.70. The van der Waals surface area contributed by atoms with Gasteiger partial charge in [0.2, 0.25) is 0 Å². The van der Waals surface area contributed by atoms with Gasteiger partial charge in [0.25, 0.3) is 5.91 Å². The van der Waals surface area contributed by atoms with E-state index < -0.39 is 12.0 Å². The molecule has 1 aromatic heterocycles. The maximum atomic E-state index is 13.0. The number of fused-ring (bicyclic) bond motifs is 1. The molecule has 2 aliphatic rings. The van der Waals surface area contributed by atoms with Crippen LogP contribution in [0.1, 0.15) is 35.2 Å². The van der Waals surface area contributed by atoms with E-state index in [1.54, 1.807) is 21.8 Å². The molecule has 0 unspecified atom stereocenters. The fourth-order valence-electron chi connectivity index (χ4n) is 4.45. The summed E-state index contributed by atoms with van der Waals surface area (Å²) in [6.45, 7) is 2.49. The van der Waals surface area contributed by atoms with Crippen LogP contribution in [0.15, 0.2) is 36.7 Å². The molecule has 6 heteroatoms. The van der Waals surface area contributed by atoms with Crippen molar-refractivity contribution in [2.24, 2.45) is 11.8 Å². The topological polar surface area (TPSA) is 75.4 Å². The van der Waals surface area contributed by atoms with Crippen LogP contribution in [0.2, 0.25) is 0 Å². The van der Waals surface area contributed by atoms with Gasteiger partial charge in [-0.05, 0) is 61.4 Å². The van der Waals surface area contributed by atoms with E-state index in [1.807, 2.05) is 31.3 Å². The second-order valence-corrected chi connectivity index (χ2v) is 7.05. The first-order valence-corrected chi connectivity index (χ1v) is 8.70. The Morgan fingerprint density at radius 1 is 1.28 bits per heavy atom. The Morgan fingerprint density at radius 2 is 2.12 bits per heavy atom. The molecule has 1 aliphatic carbocycles. The predicted molar refractivity (Wildman–Crippen MR) is 91.6 cm³/mol. The Bertz CT molecular complexity index is 815. The van der Waals surface area contributed by atoms with Crippen molar-refractivity contribution in [2.75, 3.05) is 6.54 Å². The van der Waals surface area contributed by atoms with Crippen molar-refractivity contribution < 1.29 is 14.7 Å². The molecule has 6 nitrogen and oxygen atoms in total. The lowest BCUT2D eigenvalue weighted by Gasteiger charge is -2.24. The summed E-state index contributed by atoms with van der Waals surface area (Å²) in [6.07, 6.45) is 6.56. The molecule has 1 saturated carbocycles. The number of carbonyl (C=O) groups excluding carboxylic acids is 1. The molecule has 1 saturated heterocycles. The van der Waals surface area contributed by atoms with Crippen LogP contribution in [0, 0.1) is 18.8 Å². The van der Waals surface area contributed by atoms with Crippen molar-refractivity contribution in [3.05, 3.63) is 47.8 Å². The van der Waals surface area contributed by atoms with E-state index in [0.717, 1.165) is 30.5 Å². The van der Waals surface area contributed by atoms with Crippen molar-refractivity contribution in [3.8, 4) is 5.69 Å². The Kier molecular flexibility index (Phi) is 3.82. The van der Waals surface area contributed by atoms with Crippen LogP contribution in [-0.4, -0.2) is 44.3 Å². The molecule has 0 spiro atoms. The van der Waals surface area contributed by atoms with Gasteiger partial charge in [0.05, 0.1) is 5.69 Å². The van der Waals surface area contributed by atoms with Crippen molar-refractivity contribution in [1.29, 1.82) is 0 Å². The third-order valence-electron chi connectivity index (χ3n) is 5.60. The minimum absolute atomic E-state index is 0.103. The summed E-state index contributed by atoms with van der Waals surface area (Å²) in [5.74, 6) is -0.634. The van der Waals surface area contributed by atoms with Gasteiger partial charge in [0.15, 0.2) is 0 Å². The minimum atomic E-state index is -0.882. The van der Waals surface area contributed by atoms with Gasteiger partial charge in [-0.1, -0.05) is 6.42 Å². The maximum Gasteiger partial charge on any atom is 0.326 e. The lowest BCUT2D eigenvalue weighted by Crippen LogP contribution is -2.43.